The molecule has 1 aromatic rings. The van der Waals surface area contributed by atoms with Gasteiger partial charge in [-0.25, -0.2) is 0 Å². The second-order valence-electron chi connectivity index (χ2n) is 4.34. The molecule has 2 atom stereocenters. The highest BCUT2D eigenvalue weighted by Crippen LogP contribution is 2.07. The summed E-state index contributed by atoms with van der Waals surface area (Å²) in [6.45, 7) is 4.92. The Hall–Kier alpha value is -0.910. The van der Waals surface area contributed by atoms with Crippen molar-refractivity contribution in [2.24, 2.45) is 0 Å². The van der Waals surface area contributed by atoms with Crippen LogP contribution in [0.2, 0.25) is 0 Å². The van der Waals surface area contributed by atoms with Crippen LogP contribution in [0, 0.1) is 0 Å². The minimum absolute atomic E-state index is 0.0675. The molecule has 0 aliphatic rings. The van der Waals surface area contributed by atoms with Gasteiger partial charge in [0, 0.05) is 24.5 Å². The molecule has 0 spiro atoms. The van der Waals surface area contributed by atoms with E-state index in [1.165, 1.54) is 0 Å². The summed E-state index contributed by atoms with van der Waals surface area (Å²) in [5.74, 6) is 0. The van der Waals surface area contributed by atoms with Gasteiger partial charge in [-0.05, 0) is 19.4 Å². The third kappa shape index (κ3) is 3.92. The van der Waals surface area contributed by atoms with E-state index in [2.05, 4.69) is 10.4 Å². The van der Waals surface area contributed by atoms with Gasteiger partial charge in [0.15, 0.2) is 0 Å². The number of β-amino-alcohol motifs (C(OH)–C–C–N with tert-alkyl or cyclic N) is 1. The molecule has 0 aliphatic heterocycles. The predicted octanol–water partition coefficient (Wildman–Crippen LogP) is -0.00540. The Bertz CT molecular complexity index is 283. The van der Waals surface area contributed by atoms with E-state index in [4.69, 9.17) is 0 Å². The van der Waals surface area contributed by atoms with Crippen molar-refractivity contribution in [2.45, 2.75) is 38.5 Å². The fourth-order valence-corrected chi connectivity index (χ4v) is 1.35. The molecule has 5 heteroatoms. The molecular formula is C11H21N3O2. The van der Waals surface area contributed by atoms with Gasteiger partial charge in [0.2, 0.25) is 0 Å². The van der Waals surface area contributed by atoms with Crippen LogP contribution in [0.1, 0.15) is 20.3 Å². The smallest absolute Gasteiger partial charge is 0.0860 e. The Balaban J connectivity index is 2.32. The first-order chi connectivity index (χ1) is 7.59. The predicted molar refractivity (Wildman–Crippen MR) is 62.0 cm³/mol. The second-order valence-corrected chi connectivity index (χ2v) is 4.34. The van der Waals surface area contributed by atoms with Crippen molar-refractivity contribution in [3.05, 3.63) is 18.5 Å². The van der Waals surface area contributed by atoms with Gasteiger partial charge in [0.1, 0.15) is 0 Å². The molecule has 2 unspecified atom stereocenters. The Kier molecular flexibility index (Phi) is 4.92. The molecule has 92 valence electrons. The summed E-state index contributed by atoms with van der Waals surface area (Å²) in [5, 5.41) is 26.2. The number of hydrogen-bond donors (Lipinski definition) is 3. The van der Waals surface area contributed by atoms with Crippen LogP contribution in [0.3, 0.4) is 0 Å². The molecule has 0 fully saturated rings. The molecule has 1 rings (SSSR count). The van der Waals surface area contributed by atoms with Crippen molar-refractivity contribution in [3.8, 4) is 0 Å². The van der Waals surface area contributed by atoms with E-state index < -0.39 is 6.10 Å². The van der Waals surface area contributed by atoms with Crippen molar-refractivity contribution in [2.75, 3.05) is 13.2 Å². The molecule has 0 radical (unpaired) electrons. The number of nitrogens with zero attached hydrogens (tertiary/aromatic N) is 2. The first kappa shape index (κ1) is 13.2. The Morgan fingerprint density at radius 2 is 2.31 bits per heavy atom. The third-order valence-corrected chi connectivity index (χ3v) is 2.85. The van der Waals surface area contributed by atoms with Gasteiger partial charge in [0.05, 0.1) is 19.3 Å². The summed E-state index contributed by atoms with van der Waals surface area (Å²) < 4.78 is 1.69. The van der Waals surface area contributed by atoms with Crippen LogP contribution in [0.5, 0.6) is 0 Å². The summed E-state index contributed by atoms with van der Waals surface area (Å²) in [6.07, 6.45) is 3.81. The Morgan fingerprint density at radius 3 is 2.81 bits per heavy atom. The Labute approximate surface area is 96.1 Å². The standard InChI is InChI=1S/C11H21N3O2/c1-3-11(2,9-15)12-7-10(16)8-14-6-4-5-13-14/h4-6,10,12,15-16H,3,7-9H2,1-2H3. The van der Waals surface area contributed by atoms with Gasteiger partial charge in [0.25, 0.3) is 0 Å². The number of rotatable bonds is 7. The highest BCUT2D eigenvalue weighted by atomic mass is 16.3. The molecule has 0 amide bonds. The van der Waals surface area contributed by atoms with Crippen molar-refractivity contribution in [3.63, 3.8) is 0 Å². The molecule has 5 nitrogen and oxygen atoms in total. The van der Waals surface area contributed by atoms with Gasteiger partial charge in [-0.15, -0.1) is 0 Å². The van der Waals surface area contributed by atoms with Gasteiger partial charge >= 0.3 is 0 Å². The number of aliphatic hydroxyl groups is 2. The highest BCUT2D eigenvalue weighted by Gasteiger charge is 2.21. The van der Waals surface area contributed by atoms with Gasteiger partial charge in [-0.2, -0.15) is 5.10 Å². The van der Waals surface area contributed by atoms with E-state index in [9.17, 15) is 10.2 Å². The lowest BCUT2D eigenvalue weighted by molar-refractivity contribution is 0.112. The van der Waals surface area contributed by atoms with Crippen molar-refractivity contribution in [1.29, 1.82) is 0 Å². The maximum atomic E-state index is 9.77. The maximum absolute atomic E-state index is 9.77. The molecule has 3 N–H and O–H groups in total. The van der Waals surface area contributed by atoms with Crippen LogP contribution >= 0.6 is 0 Å². The van der Waals surface area contributed by atoms with Crippen molar-refractivity contribution < 1.29 is 10.2 Å². The van der Waals surface area contributed by atoms with Gasteiger partial charge in [-0.1, -0.05) is 6.92 Å². The molecule has 0 saturated heterocycles. The maximum Gasteiger partial charge on any atom is 0.0860 e. The monoisotopic (exact) mass is 227 g/mol. The van der Waals surface area contributed by atoms with Crippen LogP contribution in [-0.4, -0.2) is 44.8 Å². The highest BCUT2D eigenvalue weighted by molar-refractivity contribution is 4.83. The zero-order chi connectivity index (χ0) is 12.0. The van der Waals surface area contributed by atoms with Crippen LogP contribution in [0.15, 0.2) is 18.5 Å². The van der Waals surface area contributed by atoms with E-state index in [-0.39, 0.29) is 12.1 Å². The first-order valence-electron chi connectivity index (χ1n) is 5.61. The van der Waals surface area contributed by atoms with Gasteiger partial charge < -0.3 is 15.5 Å². The number of aliphatic hydroxyl groups excluding tert-OH is 2. The lowest BCUT2D eigenvalue weighted by Crippen LogP contribution is -2.48. The first-order valence-corrected chi connectivity index (χ1v) is 5.61. The van der Waals surface area contributed by atoms with E-state index in [0.717, 1.165) is 6.42 Å². The lowest BCUT2D eigenvalue weighted by Gasteiger charge is -2.28. The summed E-state index contributed by atoms with van der Waals surface area (Å²) in [5.41, 5.74) is -0.314. The lowest BCUT2D eigenvalue weighted by atomic mass is 10.00. The number of nitrogens with one attached hydrogen (secondary N) is 1. The molecule has 1 heterocycles. The molecule has 0 saturated carbocycles. The van der Waals surface area contributed by atoms with E-state index in [1.807, 2.05) is 26.1 Å². The Morgan fingerprint density at radius 1 is 1.56 bits per heavy atom. The van der Waals surface area contributed by atoms with Crippen LogP contribution < -0.4 is 5.32 Å². The van der Waals surface area contributed by atoms with Crippen LogP contribution in [-0.2, 0) is 6.54 Å². The zero-order valence-corrected chi connectivity index (χ0v) is 9.93. The van der Waals surface area contributed by atoms with Crippen molar-refractivity contribution in [1.82, 2.24) is 15.1 Å². The minimum Gasteiger partial charge on any atom is -0.394 e. The van der Waals surface area contributed by atoms with Gasteiger partial charge in [-0.3, -0.25) is 4.68 Å². The fraction of sp³-hybridized carbons (Fsp3) is 0.727. The van der Waals surface area contributed by atoms with Crippen molar-refractivity contribution >= 4 is 0 Å². The average molecular weight is 227 g/mol. The molecule has 0 aromatic carbocycles. The summed E-state index contributed by atoms with van der Waals surface area (Å²) in [4.78, 5) is 0. The summed E-state index contributed by atoms with van der Waals surface area (Å²) >= 11 is 0. The molecule has 1 aromatic heterocycles. The molecule has 0 bridgehead atoms. The SMILES string of the molecule is CCC(C)(CO)NCC(O)Cn1cccn1. The quantitative estimate of drug-likeness (QED) is 0.613. The second kappa shape index (κ2) is 5.98. The summed E-state index contributed by atoms with van der Waals surface area (Å²) in [7, 11) is 0. The topological polar surface area (TPSA) is 70.3 Å². The van der Waals surface area contributed by atoms with Crippen LogP contribution in [0.25, 0.3) is 0 Å². The number of aromatic nitrogens is 2. The largest absolute Gasteiger partial charge is 0.394 e. The average Bonchev–Trinajstić information content (AvgIpc) is 2.79. The zero-order valence-electron chi connectivity index (χ0n) is 9.93. The molecule has 16 heavy (non-hydrogen) atoms. The molecule has 0 aliphatic carbocycles. The van der Waals surface area contributed by atoms with E-state index >= 15 is 0 Å². The van der Waals surface area contributed by atoms with Crippen LogP contribution in [0.4, 0.5) is 0 Å². The summed E-state index contributed by atoms with van der Waals surface area (Å²) in [6, 6.07) is 1.82. The minimum atomic E-state index is -0.502. The third-order valence-electron chi connectivity index (χ3n) is 2.85. The molecular weight excluding hydrogens is 206 g/mol. The van der Waals surface area contributed by atoms with E-state index in [0.29, 0.717) is 13.1 Å². The number of hydrogen-bond acceptors (Lipinski definition) is 4. The normalized spacial score (nSPS) is 17.0. The van der Waals surface area contributed by atoms with E-state index in [1.54, 1.807) is 10.9 Å². The fourth-order valence-electron chi connectivity index (χ4n) is 1.35.